The Morgan fingerprint density at radius 1 is 1.23 bits per heavy atom. The largest absolute Gasteiger partial charge is 0.493 e. The predicted octanol–water partition coefficient (Wildman–Crippen LogP) is 2.82. The number of rotatable bonds is 8. The van der Waals surface area contributed by atoms with Gasteiger partial charge in [0.2, 0.25) is 11.3 Å². The van der Waals surface area contributed by atoms with Crippen LogP contribution >= 0.6 is 0 Å². The molecule has 1 aliphatic heterocycles. The first-order valence-electron chi connectivity index (χ1n) is 9.62. The highest BCUT2D eigenvalue weighted by molar-refractivity contribution is 7.77. The maximum Gasteiger partial charge on any atom is 0.231 e. The van der Waals surface area contributed by atoms with Crippen LogP contribution in [0.4, 0.5) is 5.69 Å². The van der Waals surface area contributed by atoms with Crippen LogP contribution in [0.3, 0.4) is 0 Å². The molecule has 1 heterocycles. The lowest BCUT2D eigenvalue weighted by Crippen LogP contribution is -2.36. The lowest BCUT2D eigenvalue weighted by Gasteiger charge is -2.32. The van der Waals surface area contributed by atoms with E-state index in [2.05, 4.69) is 27.8 Å². The molecule has 0 amide bonds. The summed E-state index contributed by atoms with van der Waals surface area (Å²) in [5.74, 6) is 2.00. The van der Waals surface area contributed by atoms with Gasteiger partial charge in [0, 0.05) is 31.4 Å². The molecule has 1 aromatic rings. The predicted molar refractivity (Wildman–Crippen MR) is 104 cm³/mol. The second-order valence-electron chi connectivity index (χ2n) is 7.14. The van der Waals surface area contributed by atoms with Crippen LogP contribution in [0.2, 0.25) is 0 Å². The van der Waals surface area contributed by atoms with E-state index < -0.39 is 11.3 Å². The van der Waals surface area contributed by atoms with E-state index in [0.717, 1.165) is 45.1 Å². The number of hydrogen-bond acceptors (Lipinski definition) is 4. The summed E-state index contributed by atoms with van der Waals surface area (Å²) in [5.41, 5.74) is 1.20. The number of nitrogens with zero attached hydrogens (tertiary/aromatic N) is 1. The molecular weight excluding hydrogens is 352 g/mol. The first-order chi connectivity index (χ1) is 12.7. The average molecular weight is 383 g/mol. The lowest BCUT2D eigenvalue weighted by atomic mass is 9.78. The molecule has 1 saturated carbocycles. The summed E-state index contributed by atoms with van der Waals surface area (Å²) in [6, 6.07) is 8.33. The van der Waals surface area contributed by atoms with Crippen molar-refractivity contribution in [3.8, 4) is 5.75 Å². The molecule has 1 aliphatic carbocycles. The molecule has 7 heteroatoms. The normalized spacial score (nSPS) is 25.0. The van der Waals surface area contributed by atoms with Crippen LogP contribution in [0.1, 0.15) is 32.1 Å². The number of ether oxygens (including phenoxy) is 2. The van der Waals surface area contributed by atoms with Gasteiger partial charge in [-0.1, -0.05) is 25.3 Å². The van der Waals surface area contributed by atoms with Crippen molar-refractivity contribution in [1.82, 2.24) is 4.72 Å². The number of hydrogen-bond donors (Lipinski definition) is 2. The smallest absolute Gasteiger partial charge is 0.231 e. The highest BCUT2D eigenvalue weighted by Crippen LogP contribution is 2.33. The van der Waals surface area contributed by atoms with Crippen LogP contribution in [0, 0.1) is 11.8 Å². The lowest BCUT2D eigenvalue weighted by molar-refractivity contribution is 0.122. The van der Waals surface area contributed by atoms with Crippen LogP contribution in [-0.4, -0.2) is 48.2 Å². The first kappa shape index (κ1) is 19.6. The Morgan fingerprint density at radius 2 is 2.00 bits per heavy atom. The minimum atomic E-state index is -1.91. The molecule has 0 spiro atoms. The molecule has 2 fully saturated rings. The second kappa shape index (κ2) is 10.3. The van der Waals surface area contributed by atoms with E-state index in [9.17, 15) is 4.21 Å². The zero-order chi connectivity index (χ0) is 18.2. The fourth-order valence-corrected chi connectivity index (χ4v) is 4.30. The zero-order valence-corrected chi connectivity index (χ0v) is 16.1. The fraction of sp³-hybridized carbons (Fsp3) is 0.684. The summed E-state index contributed by atoms with van der Waals surface area (Å²) in [6.07, 6.45) is 5.78. The van der Waals surface area contributed by atoms with Gasteiger partial charge >= 0.3 is 0 Å². The van der Waals surface area contributed by atoms with Crippen molar-refractivity contribution in [1.29, 1.82) is 0 Å². The second-order valence-corrected chi connectivity index (χ2v) is 7.93. The molecule has 0 radical (unpaired) electrons. The van der Waals surface area contributed by atoms with E-state index in [1.807, 2.05) is 6.07 Å². The van der Waals surface area contributed by atoms with E-state index in [1.54, 1.807) is 0 Å². The molecule has 1 aromatic carbocycles. The van der Waals surface area contributed by atoms with Gasteiger partial charge in [0.25, 0.3) is 0 Å². The zero-order valence-electron chi connectivity index (χ0n) is 15.3. The quantitative estimate of drug-likeness (QED) is 0.677. The third-order valence-electron chi connectivity index (χ3n) is 5.47. The molecular formula is C19H30N2O4S. The summed E-state index contributed by atoms with van der Waals surface area (Å²) in [4.78, 5) is 2.33. The van der Waals surface area contributed by atoms with E-state index in [4.69, 9.17) is 14.0 Å². The van der Waals surface area contributed by atoms with Gasteiger partial charge in [-0.05, 0) is 36.8 Å². The Kier molecular flexibility index (Phi) is 7.73. The number of anilines is 1. The van der Waals surface area contributed by atoms with Crippen LogP contribution in [-0.2, 0) is 16.0 Å². The maximum atomic E-state index is 10.8. The molecule has 0 bridgehead atoms. The Bertz CT molecular complexity index is 580. The van der Waals surface area contributed by atoms with E-state index in [0.29, 0.717) is 18.4 Å². The van der Waals surface area contributed by atoms with Gasteiger partial charge in [0.1, 0.15) is 5.75 Å². The van der Waals surface area contributed by atoms with E-state index in [1.165, 1.54) is 31.4 Å². The van der Waals surface area contributed by atoms with Gasteiger partial charge in [-0.2, -0.15) is 0 Å². The maximum absolute atomic E-state index is 10.8. The molecule has 3 unspecified atom stereocenters. The van der Waals surface area contributed by atoms with Crippen molar-refractivity contribution in [2.24, 2.45) is 11.8 Å². The van der Waals surface area contributed by atoms with Gasteiger partial charge < -0.3 is 14.4 Å². The van der Waals surface area contributed by atoms with E-state index in [-0.39, 0.29) is 0 Å². The molecule has 1 saturated heterocycles. The first-order valence-corrected chi connectivity index (χ1v) is 10.7. The van der Waals surface area contributed by atoms with Crippen LogP contribution < -0.4 is 14.4 Å². The summed E-state index contributed by atoms with van der Waals surface area (Å²) in [6.45, 7) is 4.71. The van der Waals surface area contributed by atoms with Crippen LogP contribution in [0.5, 0.6) is 5.75 Å². The molecule has 146 valence electrons. The summed E-state index contributed by atoms with van der Waals surface area (Å²) in [7, 11) is 0. The number of morpholine rings is 1. The highest BCUT2D eigenvalue weighted by Gasteiger charge is 2.25. The molecule has 3 atom stereocenters. The van der Waals surface area contributed by atoms with Crippen molar-refractivity contribution in [2.45, 2.75) is 32.1 Å². The Hall–Kier alpha value is -1.15. The van der Waals surface area contributed by atoms with Crippen molar-refractivity contribution in [2.75, 3.05) is 44.4 Å². The molecule has 3 rings (SSSR count). The standard InChI is InChI=1S/C19H30N2O4S/c22-26(23)20-9-8-16-4-1-2-5-17(16)15-25-19-7-3-6-18(14-19)21-10-12-24-13-11-21/h3,6-7,14,16-17,20H,1-2,4-5,8-13,15H2,(H,22,23). The Balaban J connectivity index is 1.52. The van der Waals surface area contributed by atoms with Crippen LogP contribution in [0.25, 0.3) is 0 Å². The monoisotopic (exact) mass is 382 g/mol. The number of benzene rings is 1. The van der Waals surface area contributed by atoms with Crippen molar-refractivity contribution in [3.05, 3.63) is 24.3 Å². The molecule has 2 N–H and O–H groups in total. The SMILES string of the molecule is O=S(O)NCCC1CCCCC1COc1cccc(N2CCOCC2)c1. The Morgan fingerprint density at radius 3 is 2.77 bits per heavy atom. The fourth-order valence-electron chi connectivity index (χ4n) is 4.01. The third-order valence-corrected chi connectivity index (χ3v) is 5.92. The summed E-state index contributed by atoms with van der Waals surface area (Å²) < 4.78 is 33.8. The van der Waals surface area contributed by atoms with Gasteiger partial charge in [-0.25, -0.2) is 8.93 Å². The molecule has 2 aliphatic rings. The molecule has 6 nitrogen and oxygen atoms in total. The van der Waals surface area contributed by atoms with Crippen molar-refractivity contribution >= 4 is 17.0 Å². The summed E-state index contributed by atoms with van der Waals surface area (Å²) in [5, 5.41) is 0. The molecule has 0 aromatic heterocycles. The summed E-state index contributed by atoms with van der Waals surface area (Å²) >= 11 is -1.91. The third kappa shape index (κ3) is 5.94. The van der Waals surface area contributed by atoms with Crippen molar-refractivity contribution in [3.63, 3.8) is 0 Å². The Labute approximate surface area is 158 Å². The minimum absolute atomic E-state index is 0.518. The van der Waals surface area contributed by atoms with E-state index >= 15 is 0 Å². The van der Waals surface area contributed by atoms with Gasteiger partial charge in [-0.15, -0.1) is 0 Å². The van der Waals surface area contributed by atoms with Crippen LogP contribution in [0.15, 0.2) is 24.3 Å². The average Bonchev–Trinajstić information content (AvgIpc) is 2.68. The number of nitrogens with one attached hydrogen (secondary N) is 1. The minimum Gasteiger partial charge on any atom is -0.493 e. The topological polar surface area (TPSA) is 71.0 Å². The van der Waals surface area contributed by atoms with Gasteiger partial charge in [0.05, 0.1) is 19.8 Å². The highest BCUT2D eigenvalue weighted by atomic mass is 32.2. The van der Waals surface area contributed by atoms with Crippen molar-refractivity contribution < 1.29 is 18.2 Å². The van der Waals surface area contributed by atoms with Gasteiger partial charge in [0.15, 0.2) is 0 Å². The van der Waals surface area contributed by atoms with Gasteiger partial charge in [-0.3, -0.25) is 4.55 Å². The molecule has 26 heavy (non-hydrogen) atoms.